The van der Waals surface area contributed by atoms with Gasteiger partial charge in [0.1, 0.15) is 5.56 Å². The summed E-state index contributed by atoms with van der Waals surface area (Å²) in [6.45, 7) is 7.41. The lowest BCUT2D eigenvalue weighted by Gasteiger charge is -2.30. The van der Waals surface area contributed by atoms with E-state index in [0.29, 0.717) is 19.0 Å². The molecule has 2 N–H and O–H groups in total. The third kappa shape index (κ3) is 5.77. The van der Waals surface area contributed by atoms with Crippen molar-refractivity contribution in [3.05, 3.63) is 34.1 Å². The van der Waals surface area contributed by atoms with Gasteiger partial charge in [0, 0.05) is 35.1 Å². The van der Waals surface area contributed by atoms with Crippen LogP contribution in [0.2, 0.25) is 0 Å². The van der Waals surface area contributed by atoms with E-state index in [1.165, 1.54) is 4.31 Å². The highest BCUT2D eigenvalue weighted by atomic mass is 32.2. The van der Waals surface area contributed by atoms with Crippen LogP contribution < -0.4 is 5.32 Å². The zero-order valence-electron chi connectivity index (χ0n) is 17.3. The summed E-state index contributed by atoms with van der Waals surface area (Å²) in [5.41, 5.74) is -2.70. The molecular formula is C18H17F6N5O3S2. The Morgan fingerprint density at radius 1 is 1.26 bits per heavy atom. The van der Waals surface area contributed by atoms with E-state index >= 15 is 0 Å². The molecule has 2 aromatic heterocycles. The number of thiophene rings is 1. The number of hydrogen-bond donors (Lipinski definition) is 2. The molecular weight excluding hydrogens is 512 g/mol. The lowest BCUT2D eigenvalue weighted by Crippen LogP contribution is -2.42. The van der Waals surface area contributed by atoms with Crippen molar-refractivity contribution in [2.75, 3.05) is 24.7 Å². The van der Waals surface area contributed by atoms with E-state index < -0.39 is 55.2 Å². The van der Waals surface area contributed by atoms with Crippen molar-refractivity contribution in [1.82, 2.24) is 14.3 Å². The highest BCUT2D eigenvalue weighted by Gasteiger charge is 2.42. The van der Waals surface area contributed by atoms with Crippen LogP contribution in [0.3, 0.4) is 0 Å². The average molecular weight is 529 g/mol. The van der Waals surface area contributed by atoms with Crippen molar-refractivity contribution in [3.8, 4) is 10.6 Å². The van der Waals surface area contributed by atoms with E-state index in [1.54, 1.807) is 0 Å². The molecule has 1 aliphatic rings. The minimum absolute atomic E-state index is 0.183. The van der Waals surface area contributed by atoms with Crippen LogP contribution in [0.5, 0.6) is 0 Å². The monoisotopic (exact) mass is 529 g/mol. The summed E-state index contributed by atoms with van der Waals surface area (Å²) in [7, 11) is -3.38. The van der Waals surface area contributed by atoms with Gasteiger partial charge >= 0.3 is 12.4 Å². The smallest absolute Gasteiger partial charge is 0.380 e. The van der Waals surface area contributed by atoms with Crippen LogP contribution >= 0.6 is 11.3 Å². The molecule has 3 rings (SSSR count). The van der Waals surface area contributed by atoms with E-state index in [4.69, 9.17) is 6.57 Å². The van der Waals surface area contributed by atoms with Crippen LogP contribution in [0.1, 0.15) is 29.4 Å². The van der Waals surface area contributed by atoms with Gasteiger partial charge in [-0.25, -0.2) is 27.5 Å². The first-order valence-electron chi connectivity index (χ1n) is 9.53. The number of piperidine rings is 1. The van der Waals surface area contributed by atoms with Crippen molar-refractivity contribution < 1.29 is 39.9 Å². The van der Waals surface area contributed by atoms with E-state index in [9.17, 15) is 39.9 Å². The van der Waals surface area contributed by atoms with Crippen molar-refractivity contribution in [3.63, 3.8) is 0 Å². The highest BCUT2D eigenvalue weighted by Crippen LogP contribution is 2.47. The Hall–Kier alpha value is -2.48. The maximum absolute atomic E-state index is 13.6. The Bertz CT molecular complexity index is 1200. The van der Waals surface area contributed by atoms with E-state index in [1.807, 2.05) is 0 Å². The normalized spacial score (nSPS) is 17.4. The predicted octanol–water partition coefficient (Wildman–Crippen LogP) is 4.21. The van der Waals surface area contributed by atoms with Gasteiger partial charge in [0.15, 0.2) is 6.10 Å². The number of nitrogens with one attached hydrogen (secondary N) is 1. The Kier molecular flexibility index (Phi) is 7.14. The molecule has 1 fully saturated rings. The van der Waals surface area contributed by atoms with Crippen LogP contribution in [0.15, 0.2) is 12.3 Å². The number of halogens is 6. The van der Waals surface area contributed by atoms with Crippen molar-refractivity contribution >= 4 is 33.0 Å². The summed E-state index contributed by atoms with van der Waals surface area (Å²) in [6, 6.07) is 0.459. The molecule has 0 saturated carbocycles. The molecule has 0 aromatic carbocycles. The first-order valence-corrected chi connectivity index (χ1v) is 12.2. The molecule has 3 heterocycles. The average Bonchev–Trinajstić information content (AvgIpc) is 3.15. The van der Waals surface area contributed by atoms with Crippen molar-refractivity contribution in [2.24, 2.45) is 0 Å². The lowest BCUT2D eigenvalue weighted by molar-refractivity contribution is -0.205. The van der Waals surface area contributed by atoms with Gasteiger partial charge in [0.25, 0.3) is 0 Å². The number of sulfonamides is 1. The van der Waals surface area contributed by atoms with Gasteiger partial charge in [-0.1, -0.05) is 0 Å². The Balaban J connectivity index is 1.96. The molecule has 1 atom stereocenters. The van der Waals surface area contributed by atoms with Gasteiger partial charge in [-0.05, 0) is 18.9 Å². The standard InChI is InChI=1S/C18H17F6N5O3S2/c1-25-11-7-12(33-14(11)15(30)18(22,23)24)13-10(17(19,20)21)8-26-16(28-13)27-9-3-5-29(6-4-9)34(2,31)32/h7-9,15,30H,3-6H2,2H3,(H,26,27,28). The maximum atomic E-state index is 13.6. The SMILES string of the molecule is [C-]#[N+]c1cc(-c2nc(NC3CCN(S(C)(=O)=O)CC3)ncc2C(F)(F)F)sc1C(O)C(F)(F)F. The first-order chi connectivity index (χ1) is 15.6. The van der Waals surface area contributed by atoms with Crippen molar-refractivity contribution in [1.29, 1.82) is 0 Å². The molecule has 0 radical (unpaired) electrons. The maximum Gasteiger partial charge on any atom is 0.420 e. The highest BCUT2D eigenvalue weighted by molar-refractivity contribution is 7.88. The molecule has 186 valence electrons. The number of aliphatic hydroxyl groups excluding tert-OH is 1. The molecule has 1 saturated heterocycles. The molecule has 2 aromatic rings. The second kappa shape index (κ2) is 9.29. The topological polar surface area (TPSA) is 99.8 Å². The summed E-state index contributed by atoms with van der Waals surface area (Å²) in [6.07, 6.45) is -10.9. The zero-order valence-corrected chi connectivity index (χ0v) is 18.9. The van der Waals surface area contributed by atoms with Gasteiger partial charge in [0.2, 0.25) is 21.7 Å². The molecule has 8 nitrogen and oxygen atoms in total. The molecule has 1 aliphatic heterocycles. The minimum Gasteiger partial charge on any atom is -0.380 e. The Labute approximate surface area is 194 Å². The second-order valence-electron chi connectivity index (χ2n) is 7.45. The van der Waals surface area contributed by atoms with Gasteiger partial charge < -0.3 is 10.4 Å². The number of aromatic nitrogens is 2. The third-order valence-electron chi connectivity index (χ3n) is 5.00. The summed E-state index contributed by atoms with van der Waals surface area (Å²) >= 11 is 0.185. The largest absolute Gasteiger partial charge is 0.420 e. The van der Waals surface area contributed by atoms with Gasteiger partial charge in [-0.15, -0.1) is 11.3 Å². The number of alkyl halides is 6. The van der Waals surface area contributed by atoms with Crippen LogP contribution in [-0.4, -0.2) is 59.4 Å². The predicted molar refractivity (Wildman–Crippen MR) is 111 cm³/mol. The summed E-state index contributed by atoms with van der Waals surface area (Å²) < 4.78 is 104. The fourth-order valence-electron chi connectivity index (χ4n) is 3.31. The second-order valence-corrected chi connectivity index (χ2v) is 10.5. The van der Waals surface area contributed by atoms with Crippen LogP contribution in [0, 0.1) is 6.57 Å². The van der Waals surface area contributed by atoms with Gasteiger partial charge in [-0.3, -0.25) is 0 Å². The molecule has 0 amide bonds. The number of aliphatic hydroxyl groups is 1. The summed E-state index contributed by atoms with van der Waals surface area (Å²) in [5.74, 6) is -0.239. The quantitative estimate of drug-likeness (QED) is 0.445. The fourth-order valence-corrected chi connectivity index (χ4v) is 5.29. The molecule has 0 spiro atoms. The van der Waals surface area contributed by atoms with Gasteiger partial charge in [0.05, 0.1) is 18.5 Å². The number of hydrogen-bond acceptors (Lipinski definition) is 7. The van der Waals surface area contributed by atoms with Crippen molar-refractivity contribution in [2.45, 2.75) is 37.3 Å². The van der Waals surface area contributed by atoms with Gasteiger partial charge in [-0.2, -0.15) is 26.3 Å². The van der Waals surface area contributed by atoms with Crippen LogP contribution in [-0.2, 0) is 16.2 Å². The van der Waals surface area contributed by atoms with Crippen LogP contribution in [0.4, 0.5) is 38.0 Å². The fraction of sp³-hybridized carbons (Fsp3) is 0.500. The third-order valence-corrected chi connectivity index (χ3v) is 7.49. The van der Waals surface area contributed by atoms with E-state index in [-0.39, 0.29) is 36.4 Å². The lowest BCUT2D eigenvalue weighted by atomic mass is 10.1. The number of rotatable bonds is 5. The zero-order chi connectivity index (χ0) is 25.5. The molecule has 34 heavy (non-hydrogen) atoms. The number of anilines is 1. The summed E-state index contributed by atoms with van der Waals surface area (Å²) in [5, 5.41) is 12.4. The van der Waals surface area contributed by atoms with Crippen LogP contribution in [0.25, 0.3) is 15.4 Å². The summed E-state index contributed by atoms with van der Waals surface area (Å²) in [4.78, 5) is 9.17. The van der Waals surface area contributed by atoms with E-state index in [2.05, 4.69) is 20.1 Å². The molecule has 16 heteroatoms. The Morgan fingerprint density at radius 2 is 1.88 bits per heavy atom. The van der Waals surface area contributed by atoms with E-state index in [0.717, 1.165) is 12.3 Å². The minimum atomic E-state index is -5.12. The molecule has 0 bridgehead atoms. The Morgan fingerprint density at radius 3 is 2.38 bits per heavy atom. The first kappa shape index (κ1) is 26.1. The number of nitrogens with zero attached hydrogens (tertiary/aromatic N) is 4. The molecule has 0 aliphatic carbocycles. The molecule has 1 unspecified atom stereocenters.